The molecule has 1 aromatic carbocycles. The zero-order valence-electron chi connectivity index (χ0n) is 20.8. The van der Waals surface area contributed by atoms with E-state index in [2.05, 4.69) is 38.9 Å². The van der Waals surface area contributed by atoms with Gasteiger partial charge in [0.25, 0.3) is 0 Å². The molecule has 0 radical (unpaired) electrons. The van der Waals surface area contributed by atoms with Crippen molar-refractivity contribution >= 4 is 17.7 Å². The van der Waals surface area contributed by atoms with E-state index in [-0.39, 0.29) is 23.8 Å². The number of benzene rings is 1. The van der Waals surface area contributed by atoms with E-state index < -0.39 is 0 Å². The van der Waals surface area contributed by atoms with Crippen LogP contribution in [-0.2, 0) is 18.2 Å². The van der Waals surface area contributed by atoms with Crippen molar-refractivity contribution in [3.8, 4) is 11.3 Å². The molecule has 3 aromatic rings. The largest absolute Gasteiger partial charge is 0.369 e. The number of amides is 2. The number of hydrogen-bond donors (Lipinski definition) is 2. The first kappa shape index (κ1) is 23.3. The van der Waals surface area contributed by atoms with Crippen molar-refractivity contribution in [3.63, 3.8) is 0 Å². The molecule has 2 aliphatic rings. The molecular weight excluding hydrogens is 442 g/mol. The molecular formula is C26H33N7O2. The second-order valence-electron chi connectivity index (χ2n) is 10.4. The number of urea groups is 1. The summed E-state index contributed by atoms with van der Waals surface area (Å²) in [4.78, 5) is 23.7. The highest BCUT2D eigenvalue weighted by molar-refractivity contribution is 5.76. The predicted molar refractivity (Wildman–Crippen MR) is 134 cm³/mol. The first-order valence-electron chi connectivity index (χ1n) is 12.2. The van der Waals surface area contributed by atoms with Crippen LogP contribution < -0.4 is 10.6 Å². The number of hydrogen-bond acceptors (Lipinski definition) is 6. The van der Waals surface area contributed by atoms with Crippen molar-refractivity contribution in [3.05, 3.63) is 54.0 Å². The second-order valence-corrected chi connectivity index (χ2v) is 10.4. The summed E-state index contributed by atoms with van der Waals surface area (Å²) < 4.78 is 7.68. The quantitative estimate of drug-likeness (QED) is 0.574. The molecule has 1 aliphatic heterocycles. The van der Waals surface area contributed by atoms with Gasteiger partial charge in [0.05, 0.1) is 48.4 Å². The number of fused-ring (bicyclic) bond motifs is 1. The van der Waals surface area contributed by atoms with Gasteiger partial charge in [-0.15, -0.1) is 0 Å². The minimum absolute atomic E-state index is 0.0115. The lowest BCUT2D eigenvalue weighted by molar-refractivity contribution is -0.111. The number of nitrogens with zero attached hydrogens (tertiary/aromatic N) is 5. The maximum atomic E-state index is 12.8. The summed E-state index contributed by atoms with van der Waals surface area (Å²) in [6.07, 6.45) is 8.46. The lowest BCUT2D eigenvalue weighted by Crippen LogP contribution is -2.59. The minimum Gasteiger partial charge on any atom is -0.369 e. The fraction of sp³-hybridized carbons (Fsp3) is 0.462. The first-order valence-corrected chi connectivity index (χ1v) is 12.2. The van der Waals surface area contributed by atoms with E-state index in [1.165, 1.54) is 11.1 Å². The molecule has 2 amide bonds. The Labute approximate surface area is 205 Å². The Balaban J connectivity index is 1.25. The summed E-state index contributed by atoms with van der Waals surface area (Å²) in [6.45, 7) is 7.42. The van der Waals surface area contributed by atoms with Crippen molar-refractivity contribution in [2.75, 3.05) is 18.4 Å². The Morgan fingerprint density at radius 1 is 1.20 bits per heavy atom. The van der Waals surface area contributed by atoms with Crippen LogP contribution in [-0.4, -0.2) is 55.5 Å². The molecule has 1 atom stereocenters. The third-order valence-corrected chi connectivity index (χ3v) is 6.32. The van der Waals surface area contributed by atoms with Gasteiger partial charge in [0.2, 0.25) is 5.95 Å². The molecule has 1 aliphatic carbocycles. The van der Waals surface area contributed by atoms with Crippen molar-refractivity contribution in [1.29, 1.82) is 0 Å². The lowest BCUT2D eigenvalue weighted by Gasteiger charge is -2.42. The molecule has 35 heavy (non-hydrogen) atoms. The molecule has 0 saturated carbocycles. The molecule has 1 saturated heterocycles. The van der Waals surface area contributed by atoms with Crippen LogP contribution in [0.1, 0.15) is 50.8 Å². The number of aromatic nitrogens is 4. The third kappa shape index (κ3) is 5.45. The second kappa shape index (κ2) is 9.30. The zero-order valence-corrected chi connectivity index (χ0v) is 20.8. The van der Waals surface area contributed by atoms with E-state index in [1.807, 2.05) is 45.0 Å². The van der Waals surface area contributed by atoms with Crippen molar-refractivity contribution in [1.82, 2.24) is 30.0 Å². The molecule has 2 N–H and O–H groups in total. The van der Waals surface area contributed by atoms with Gasteiger partial charge in [-0.05, 0) is 63.3 Å². The molecule has 1 fully saturated rings. The van der Waals surface area contributed by atoms with Gasteiger partial charge >= 0.3 is 6.03 Å². The van der Waals surface area contributed by atoms with Gasteiger partial charge in [0, 0.05) is 25.0 Å². The van der Waals surface area contributed by atoms with E-state index in [4.69, 9.17) is 9.72 Å². The third-order valence-electron chi connectivity index (χ3n) is 6.32. The van der Waals surface area contributed by atoms with Crippen LogP contribution in [0.3, 0.4) is 0 Å². The topological polar surface area (TPSA) is 97.2 Å². The highest BCUT2D eigenvalue weighted by atomic mass is 16.5. The number of carbonyl (C=O) groups is 1. The Morgan fingerprint density at radius 2 is 2.03 bits per heavy atom. The molecule has 184 valence electrons. The number of rotatable bonds is 5. The first-order chi connectivity index (χ1) is 16.7. The number of anilines is 2. The fourth-order valence-electron chi connectivity index (χ4n) is 4.74. The standard InChI is InChI=1S/C26H33N7O2/c1-26(2,3)35-20-15-33(16-20)25(34)31-23-7-5-6-17-12-18(8-9-21(17)23)22-10-11-27-24(30-22)29-19-13-28-32(4)14-19/h8-14,20,23H,5-7,15-16H2,1-4H3,(H,31,34)(H,27,29,30). The fourth-order valence-corrected chi connectivity index (χ4v) is 4.74. The summed E-state index contributed by atoms with van der Waals surface area (Å²) in [7, 11) is 1.87. The summed E-state index contributed by atoms with van der Waals surface area (Å²) in [5, 5.41) is 10.6. The van der Waals surface area contributed by atoms with Crippen LogP contribution in [0.25, 0.3) is 11.3 Å². The maximum absolute atomic E-state index is 12.8. The highest BCUT2D eigenvalue weighted by Gasteiger charge is 2.35. The van der Waals surface area contributed by atoms with E-state index in [0.29, 0.717) is 19.0 Å². The Morgan fingerprint density at radius 3 is 2.77 bits per heavy atom. The van der Waals surface area contributed by atoms with Gasteiger partial charge in [-0.1, -0.05) is 12.1 Å². The summed E-state index contributed by atoms with van der Waals surface area (Å²) in [6, 6.07) is 8.33. The van der Waals surface area contributed by atoms with Crippen LogP contribution in [0, 0.1) is 0 Å². The summed E-state index contributed by atoms with van der Waals surface area (Å²) in [5.74, 6) is 0.529. The van der Waals surface area contributed by atoms with Gasteiger partial charge < -0.3 is 20.3 Å². The minimum atomic E-state index is -0.188. The van der Waals surface area contributed by atoms with Gasteiger partial charge in [-0.2, -0.15) is 5.10 Å². The van der Waals surface area contributed by atoms with Gasteiger partial charge in [-0.25, -0.2) is 14.8 Å². The van der Waals surface area contributed by atoms with Crippen LogP contribution in [0.4, 0.5) is 16.4 Å². The number of aryl methyl sites for hydroxylation is 2. The van der Waals surface area contributed by atoms with Gasteiger partial charge in [0.15, 0.2) is 0 Å². The zero-order chi connectivity index (χ0) is 24.6. The summed E-state index contributed by atoms with van der Waals surface area (Å²) >= 11 is 0. The van der Waals surface area contributed by atoms with Gasteiger partial charge in [-0.3, -0.25) is 4.68 Å². The lowest BCUT2D eigenvalue weighted by atomic mass is 9.86. The molecule has 9 heteroatoms. The molecule has 2 aromatic heterocycles. The molecule has 5 rings (SSSR count). The smallest absolute Gasteiger partial charge is 0.318 e. The molecule has 0 spiro atoms. The molecule has 3 heterocycles. The Kier molecular flexibility index (Phi) is 6.19. The normalized spacial score (nSPS) is 18.1. The molecule has 0 bridgehead atoms. The summed E-state index contributed by atoms with van der Waals surface area (Å²) in [5.41, 5.74) is 5.00. The van der Waals surface area contributed by atoms with E-state index in [1.54, 1.807) is 17.1 Å². The SMILES string of the molecule is Cn1cc(Nc2nccc(-c3ccc4c(c3)CCCC4NC(=O)N3CC(OC(C)(C)C)C3)n2)cn1. The van der Waals surface area contributed by atoms with Crippen LogP contribution in [0.5, 0.6) is 0 Å². The van der Waals surface area contributed by atoms with E-state index in [9.17, 15) is 4.79 Å². The average molecular weight is 476 g/mol. The predicted octanol–water partition coefficient (Wildman–Crippen LogP) is 4.21. The monoisotopic (exact) mass is 475 g/mol. The highest BCUT2D eigenvalue weighted by Crippen LogP contribution is 2.33. The van der Waals surface area contributed by atoms with Crippen LogP contribution in [0.15, 0.2) is 42.9 Å². The van der Waals surface area contributed by atoms with Gasteiger partial charge in [0.1, 0.15) is 0 Å². The van der Waals surface area contributed by atoms with E-state index in [0.717, 1.165) is 36.2 Å². The van der Waals surface area contributed by atoms with Crippen LogP contribution in [0.2, 0.25) is 0 Å². The van der Waals surface area contributed by atoms with E-state index >= 15 is 0 Å². The maximum Gasteiger partial charge on any atom is 0.318 e. The Bertz CT molecular complexity index is 1210. The van der Waals surface area contributed by atoms with Crippen molar-refractivity contribution in [2.45, 2.75) is 57.8 Å². The van der Waals surface area contributed by atoms with Crippen LogP contribution >= 0.6 is 0 Å². The number of nitrogens with one attached hydrogen (secondary N) is 2. The number of ether oxygens (including phenoxy) is 1. The van der Waals surface area contributed by atoms with Crippen molar-refractivity contribution < 1.29 is 9.53 Å². The molecule has 9 nitrogen and oxygen atoms in total. The number of carbonyl (C=O) groups excluding carboxylic acids is 1. The number of likely N-dealkylation sites (tertiary alicyclic amines) is 1. The van der Waals surface area contributed by atoms with Crippen molar-refractivity contribution in [2.24, 2.45) is 7.05 Å². The Hall–Kier alpha value is -3.46. The average Bonchev–Trinajstić information content (AvgIpc) is 3.19. The molecule has 1 unspecified atom stereocenters.